The Kier molecular flexibility index (Phi) is 2.26. The van der Waals surface area contributed by atoms with Gasteiger partial charge in [0.15, 0.2) is 23.1 Å². The topological polar surface area (TPSA) is 54.5 Å². The van der Waals surface area contributed by atoms with E-state index in [1.165, 1.54) is 12.5 Å². The minimum absolute atomic E-state index is 0.0712. The molecule has 0 bridgehead atoms. The van der Waals surface area contributed by atoms with Crippen molar-refractivity contribution in [2.45, 2.75) is 0 Å². The van der Waals surface area contributed by atoms with Gasteiger partial charge in [0.25, 0.3) is 0 Å². The van der Waals surface area contributed by atoms with Crippen molar-refractivity contribution in [1.29, 1.82) is 0 Å². The van der Waals surface area contributed by atoms with E-state index in [0.29, 0.717) is 11.2 Å². The lowest BCUT2D eigenvalue weighted by Crippen LogP contribution is -1.94. The van der Waals surface area contributed by atoms with Crippen LogP contribution in [0.5, 0.6) is 0 Å². The largest absolute Gasteiger partial charge is 0.335 e. The maximum atomic E-state index is 13.6. The Morgan fingerprint density at radius 1 is 1.06 bits per heavy atom. The van der Waals surface area contributed by atoms with E-state index in [0.717, 1.165) is 12.1 Å². The van der Waals surface area contributed by atoms with Crippen LogP contribution in [-0.4, -0.2) is 19.9 Å². The Hall–Kier alpha value is -2.44. The molecule has 0 atom stereocenters. The number of nitrogens with zero attached hydrogens (tertiary/aromatic N) is 3. The molecule has 0 aliphatic heterocycles. The predicted molar refractivity (Wildman–Crippen MR) is 57.0 cm³/mol. The second kappa shape index (κ2) is 3.80. The minimum atomic E-state index is -1.53. The molecule has 0 spiro atoms. The van der Waals surface area contributed by atoms with E-state index in [-0.39, 0.29) is 11.4 Å². The molecule has 90 valence electrons. The van der Waals surface area contributed by atoms with Crippen LogP contribution >= 0.6 is 0 Å². The van der Waals surface area contributed by atoms with Crippen LogP contribution in [0.15, 0.2) is 24.7 Å². The Morgan fingerprint density at radius 2 is 1.89 bits per heavy atom. The first-order valence-electron chi connectivity index (χ1n) is 4.96. The Bertz CT molecular complexity index is 705. The van der Waals surface area contributed by atoms with Gasteiger partial charge in [-0.3, -0.25) is 0 Å². The summed E-state index contributed by atoms with van der Waals surface area (Å²) in [5, 5.41) is 0. The highest BCUT2D eigenvalue weighted by atomic mass is 19.2. The molecule has 0 aliphatic carbocycles. The average molecular weight is 250 g/mol. The molecule has 0 amide bonds. The van der Waals surface area contributed by atoms with Crippen LogP contribution in [-0.2, 0) is 0 Å². The molecule has 3 rings (SSSR count). The molecule has 18 heavy (non-hydrogen) atoms. The molecule has 2 heterocycles. The number of hydrogen-bond donors (Lipinski definition) is 1. The van der Waals surface area contributed by atoms with Gasteiger partial charge in [-0.1, -0.05) is 0 Å². The third-order valence-corrected chi connectivity index (χ3v) is 2.45. The summed E-state index contributed by atoms with van der Waals surface area (Å²) in [6.45, 7) is 0. The monoisotopic (exact) mass is 250 g/mol. The molecular formula is C11H5F3N4. The highest BCUT2D eigenvalue weighted by Gasteiger charge is 2.17. The maximum Gasteiger partial charge on any atom is 0.195 e. The summed E-state index contributed by atoms with van der Waals surface area (Å²) in [7, 11) is 0. The van der Waals surface area contributed by atoms with E-state index in [1.54, 1.807) is 0 Å². The number of aromatic amines is 1. The number of halogens is 3. The Labute approximate surface area is 98.5 Å². The average Bonchev–Trinajstić information content (AvgIpc) is 2.79. The van der Waals surface area contributed by atoms with Gasteiger partial charge < -0.3 is 4.98 Å². The molecule has 0 aliphatic rings. The normalized spacial score (nSPS) is 11.1. The van der Waals surface area contributed by atoms with Gasteiger partial charge in [-0.05, 0) is 12.1 Å². The Morgan fingerprint density at radius 3 is 2.67 bits per heavy atom. The van der Waals surface area contributed by atoms with E-state index >= 15 is 0 Å². The number of fused-ring (bicyclic) bond motifs is 1. The molecule has 2 aromatic heterocycles. The molecule has 0 saturated carbocycles. The standard InChI is InChI=1S/C11H5F3N4/c12-6-2-1-5(8(13)9(6)14)10-17-7-3-15-4-16-11(7)18-10/h1-4H,(H,15,16,17,18). The van der Waals surface area contributed by atoms with Gasteiger partial charge >= 0.3 is 0 Å². The van der Waals surface area contributed by atoms with E-state index in [1.807, 2.05) is 0 Å². The van der Waals surface area contributed by atoms with Crippen molar-refractivity contribution >= 4 is 11.2 Å². The summed E-state index contributed by atoms with van der Waals surface area (Å²) in [6.07, 6.45) is 2.74. The van der Waals surface area contributed by atoms with E-state index in [4.69, 9.17) is 0 Å². The van der Waals surface area contributed by atoms with Gasteiger partial charge in [-0.15, -0.1) is 0 Å². The van der Waals surface area contributed by atoms with Crippen LogP contribution in [0, 0.1) is 17.5 Å². The molecule has 7 heteroatoms. The van der Waals surface area contributed by atoms with Crippen LogP contribution < -0.4 is 0 Å². The fraction of sp³-hybridized carbons (Fsp3) is 0. The lowest BCUT2D eigenvalue weighted by Gasteiger charge is -2.00. The quantitative estimate of drug-likeness (QED) is 0.675. The van der Waals surface area contributed by atoms with Gasteiger partial charge in [0, 0.05) is 0 Å². The zero-order chi connectivity index (χ0) is 12.7. The number of H-pyrrole nitrogens is 1. The van der Waals surface area contributed by atoms with E-state index in [9.17, 15) is 13.2 Å². The molecule has 1 aromatic carbocycles. The first kappa shape index (κ1) is 10.7. The molecule has 0 unspecified atom stereocenters. The summed E-state index contributed by atoms with van der Waals surface area (Å²) in [4.78, 5) is 14.3. The zero-order valence-electron chi connectivity index (χ0n) is 8.78. The first-order valence-corrected chi connectivity index (χ1v) is 4.96. The summed E-state index contributed by atoms with van der Waals surface area (Å²) >= 11 is 0. The molecule has 0 fully saturated rings. The lowest BCUT2D eigenvalue weighted by atomic mass is 10.2. The number of benzene rings is 1. The van der Waals surface area contributed by atoms with Gasteiger partial charge in [-0.2, -0.15) is 0 Å². The molecule has 0 radical (unpaired) electrons. The lowest BCUT2D eigenvalue weighted by molar-refractivity contribution is 0.448. The van der Waals surface area contributed by atoms with Gasteiger partial charge in [0.05, 0.1) is 11.8 Å². The summed E-state index contributed by atoms with van der Waals surface area (Å²) in [5.41, 5.74) is 0.646. The smallest absolute Gasteiger partial charge is 0.195 e. The summed E-state index contributed by atoms with van der Waals surface area (Å²) < 4.78 is 39.5. The van der Waals surface area contributed by atoms with Crippen LogP contribution in [0.2, 0.25) is 0 Å². The third-order valence-electron chi connectivity index (χ3n) is 2.45. The van der Waals surface area contributed by atoms with Gasteiger partial charge in [0.1, 0.15) is 17.7 Å². The van der Waals surface area contributed by atoms with Crippen molar-refractivity contribution in [3.8, 4) is 11.4 Å². The highest BCUT2D eigenvalue weighted by Crippen LogP contribution is 2.24. The van der Waals surface area contributed by atoms with E-state index < -0.39 is 17.5 Å². The molecule has 3 aromatic rings. The maximum absolute atomic E-state index is 13.6. The van der Waals surface area contributed by atoms with Crippen LogP contribution in [0.4, 0.5) is 13.2 Å². The number of imidazole rings is 1. The number of nitrogens with one attached hydrogen (secondary N) is 1. The summed E-state index contributed by atoms with van der Waals surface area (Å²) in [6, 6.07) is 1.95. The van der Waals surface area contributed by atoms with Crippen molar-refractivity contribution in [2.75, 3.05) is 0 Å². The van der Waals surface area contributed by atoms with Crippen molar-refractivity contribution < 1.29 is 13.2 Å². The number of aromatic nitrogens is 4. The van der Waals surface area contributed by atoms with Crippen molar-refractivity contribution in [2.24, 2.45) is 0 Å². The van der Waals surface area contributed by atoms with Gasteiger partial charge in [-0.25, -0.2) is 28.1 Å². The van der Waals surface area contributed by atoms with Crippen LogP contribution in [0.25, 0.3) is 22.6 Å². The molecule has 1 N–H and O–H groups in total. The minimum Gasteiger partial charge on any atom is -0.335 e. The molecule has 0 saturated heterocycles. The second-order valence-corrected chi connectivity index (χ2v) is 3.57. The van der Waals surface area contributed by atoms with Crippen molar-refractivity contribution in [1.82, 2.24) is 19.9 Å². The predicted octanol–water partition coefficient (Wildman–Crippen LogP) is 2.44. The van der Waals surface area contributed by atoms with E-state index in [2.05, 4.69) is 19.9 Å². The third kappa shape index (κ3) is 1.52. The molecule has 4 nitrogen and oxygen atoms in total. The van der Waals surface area contributed by atoms with Crippen molar-refractivity contribution in [3.05, 3.63) is 42.1 Å². The Balaban J connectivity index is 2.23. The zero-order valence-corrected chi connectivity index (χ0v) is 8.78. The fourth-order valence-electron chi connectivity index (χ4n) is 1.60. The highest BCUT2D eigenvalue weighted by molar-refractivity contribution is 5.74. The first-order chi connectivity index (χ1) is 8.66. The second-order valence-electron chi connectivity index (χ2n) is 3.57. The van der Waals surface area contributed by atoms with Crippen molar-refractivity contribution in [3.63, 3.8) is 0 Å². The van der Waals surface area contributed by atoms with Crippen LogP contribution in [0.1, 0.15) is 0 Å². The number of rotatable bonds is 1. The SMILES string of the molecule is Fc1ccc(-c2nc3ncncc3[nH]2)c(F)c1F. The fourth-order valence-corrected chi connectivity index (χ4v) is 1.60. The molecular weight excluding hydrogens is 245 g/mol. The van der Waals surface area contributed by atoms with Gasteiger partial charge in [0.2, 0.25) is 0 Å². The van der Waals surface area contributed by atoms with Crippen LogP contribution in [0.3, 0.4) is 0 Å². The number of hydrogen-bond acceptors (Lipinski definition) is 3. The summed E-state index contributed by atoms with van der Waals surface area (Å²) in [5.74, 6) is -3.99.